The van der Waals surface area contributed by atoms with Crippen molar-refractivity contribution in [1.82, 2.24) is 19.8 Å². The lowest BCUT2D eigenvalue weighted by molar-refractivity contribution is 0.0669. The number of hydrogen-bond acceptors (Lipinski definition) is 6. The zero-order chi connectivity index (χ0) is 30.7. The van der Waals surface area contributed by atoms with Crippen molar-refractivity contribution in [2.24, 2.45) is 5.92 Å². The lowest BCUT2D eigenvalue weighted by Gasteiger charge is -2.34. The number of nitrogens with zero attached hydrogens (tertiary/aromatic N) is 3. The van der Waals surface area contributed by atoms with E-state index in [1.54, 1.807) is 11.0 Å². The maximum absolute atomic E-state index is 14.7. The van der Waals surface area contributed by atoms with Crippen LogP contribution < -0.4 is 10.9 Å². The van der Waals surface area contributed by atoms with Crippen LogP contribution in [0.25, 0.3) is 27.5 Å². The van der Waals surface area contributed by atoms with Crippen LogP contribution in [0.1, 0.15) is 54.9 Å². The molecule has 2 aromatic carbocycles. The third-order valence-corrected chi connectivity index (χ3v) is 9.09. The summed E-state index contributed by atoms with van der Waals surface area (Å²) in [6.45, 7) is 9.86. The summed E-state index contributed by atoms with van der Waals surface area (Å²) >= 11 is 7.50. The van der Waals surface area contributed by atoms with Crippen molar-refractivity contribution in [3.05, 3.63) is 91.7 Å². The van der Waals surface area contributed by atoms with Gasteiger partial charge in [0.2, 0.25) is 0 Å². The van der Waals surface area contributed by atoms with Gasteiger partial charge in [0.05, 0.1) is 29.1 Å². The predicted octanol–water partition coefficient (Wildman–Crippen LogP) is 6.01. The molecule has 5 rings (SSSR count). The molecule has 7 nitrogen and oxygen atoms in total. The van der Waals surface area contributed by atoms with E-state index in [4.69, 9.17) is 16.6 Å². The topological polar surface area (TPSA) is 87.5 Å². The Morgan fingerprint density at radius 3 is 2.47 bits per heavy atom. The summed E-state index contributed by atoms with van der Waals surface area (Å²) in [7, 11) is 0. The van der Waals surface area contributed by atoms with Crippen LogP contribution >= 0.6 is 22.9 Å². The van der Waals surface area contributed by atoms with Crippen LogP contribution in [-0.2, 0) is 19.3 Å². The molecule has 43 heavy (non-hydrogen) atoms. The van der Waals surface area contributed by atoms with Crippen molar-refractivity contribution in [3.8, 4) is 27.5 Å². The first-order valence-corrected chi connectivity index (χ1v) is 16.3. The number of aliphatic hydroxyl groups is 1. The molecule has 1 aliphatic rings. The number of aromatic nitrogens is 2. The van der Waals surface area contributed by atoms with Gasteiger partial charge >= 0.3 is 0 Å². The lowest BCUT2D eigenvalue weighted by atomic mass is 9.96. The molecule has 4 aromatic rings. The minimum atomic E-state index is -0.190. The molecule has 2 aromatic heterocycles. The fourth-order valence-corrected chi connectivity index (χ4v) is 6.73. The number of hydrogen-bond donors (Lipinski definition) is 2. The number of nitrogens with one attached hydrogen (secondary N) is 1. The summed E-state index contributed by atoms with van der Waals surface area (Å²) < 4.78 is 1.81. The Morgan fingerprint density at radius 2 is 1.84 bits per heavy atom. The van der Waals surface area contributed by atoms with Crippen molar-refractivity contribution >= 4 is 28.8 Å². The van der Waals surface area contributed by atoms with E-state index in [0.29, 0.717) is 47.2 Å². The van der Waals surface area contributed by atoms with E-state index in [9.17, 15) is 14.7 Å². The van der Waals surface area contributed by atoms with E-state index in [2.05, 4.69) is 45.1 Å². The average Bonchev–Trinajstić information content (AvgIpc) is 3.51. The highest BCUT2D eigenvalue weighted by Crippen LogP contribution is 2.32. The van der Waals surface area contributed by atoms with Crippen LogP contribution in [-0.4, -0.2) is 57.7 Å². The minimum Gasteiger partial charge on any atom is -0.395 e. The highest BCUT2D eigenvalue weighted by Gasteiger charge is 2.30. The molecule has 0 spiro atoms. The first-order chi connectivity index (χ1) is 20.7. The molecular formula is C34H39ClN4O3S. The number of rotatable bonds is 9. The summed E-state index contributed by atoms with van der Waals surface area (Å²) in [4.78, 5) is 35.8. The van der Waals surface area contributed by atoms with E-state index in [1.165, 1.54) is 11.3 Å². The largest absolute Gasteiger partial charge is 0.395 e. The highest BCUT2D eigenvalue weighted by atomic mass is 35.5. The average molecular weight is 619 g/mol. The number of carbonyl (C=O) groups is 1. The molecule has 1 atom stereocenters. The fraction of sp³-hybridized carbons (Fsp3) is 0.382. The van der Waals surface area contributed by atoms with Gasteiger partial charge in [-0.15, -0.1) is 11.3 Å². The van der Waals surface area contributed by atoms with Crippen LogP contribution in [0.2, 0.25) is 5.02 Å². The molecule has 2 N–H and O–H groups in total. The van der Waals surface area contributed by atoms with Gasteiger partial charge in [0.15, 0.2) is 0 Å². The smallest absolute Gasteiger partial charge is 0.265 e. The maximum Gasteiger partial charge on any atom is 0.265 e. The molecule has 0 radical (unpaired) electrons. The predicted molar refractivity (Wildman–Crippen MR) is 176 cm³/mol. The van der Waals surface area contributed by atoms with Gasteiger partial charge in [0.25, 0.3) is 11.5 Å². The molecule has 1 fully saturated rings. The number of piperazine rings is 1. The van der Waals surface area contributed by atoms with Crippen LogP contribution in [0.5, 0.6) is 0 Å². The summed E-state index contributed by atoms with van der Waals surface area (Å²) in [5.41, 5.74) is 6.11. The first kappa shape index (κ1) is 31.1. The number of pyridine rings is 1. The molecule has 3 heterocycles. The van der Waals surface area contributed by atoms with Crippen molar-refractivity contribution in [1.29, 1.82) is 0 Å². The molecule has 1 unspecified atom stereocenters. The Kier molecular flexibility index (Phi) is 9.82. The van der Waals surface area contributed by atoms with Crippen LogP contribution in [0, 0.1) is 5.92 Å². The van der Waals surface area contributed by atoms with Gasteiger partial charge in [-0.05, 0) is 54.5 Å². The van der Waals surface area contributed by atoms with Gasteiger partial charge in [0.1, 0.15) is 5.01 Å². The third kappa shape index (κ3) is 6.48. The molecule has 1 aliphatic heterocycles. The molecule has 9 heteroatoms. The van der Waals surface area contributed by atoms with Gasteiger partial charge in [-0.25, -0.2) is 4.98 Å². The molecule has 1 saturated heterocycles. The Bertz CT molecular complexity index is 1640. The zero-order valence-electron chi connectivity index (χ0n) is 25.2. The molecular weight excluding hydrogens is 580 g/mol. The number of carbonyl (C=O) groups excluding carboxylic acids is 1. The molecule has 0 saturated carbocycles. The zero-order valence-corrected chi connectivity index (χ0v) is 26.8. The number of para-hydroxylation sites is 1. The van der Waals surface area contributed by atoms with E-state index < -0.39 is 0 Å². The number of thiazole rings is 1. The van der Waals surface area contributed by atoms with Crippen LogP contribution in [0.3, 0.4) is 0 Å². The van der Waals surface area contributed by atoms with E-state index >= 15 is 0 Å². The second kappa shape index (κ2) is 13.6. The van der Waals surface area contributed by atoms with Gasteiger partial charge in [-0.3, -0.25) is 14.2 Å². The van der Waals surface area contributed by atoms with Crippen LogP contribution in [0.4, 0.5) is 0 Å². The quantitative estimate of drug-likeness (QED) is 0.240. The minimum absolute atomic E-state index is 0.0519. The van der Waals surface area contributed by atoms with Crippen molar-refractivity contribution in [3.63, 3.8) is 0 Å². The first-order valence-electron chi connectivity index (χ1n) is 15.0. The monoisotopic (exact) mass is 618 g/mol. The molecule has 226 valence electrons. The summed E-state index contributed by atoms with van der Waals surface area (Å²) in [5, 5.41) is 16.2. The fourth-order valence-electron chi connectivity index (χ4n) is 5.77. The van der Waals surface area contributed by atoms with Crippen LogP contribution in [0.15, 0.2) is 58.7 Å². The SMILES string of the molecule is CCc1cccc(CC)c1-n1c(CC(C)C)c(C(=O)N2CCNC(CO)C2)cc(-c2nc(-c3ccc(Cl)cc3)cs2)c1=O. The Balaban J connectivity index is 1.78. The van der Waals surface area contributed by atoms with Crippen molar-refractivity contribution in [2.45, 2.75) is 53.0 Å². The van der Waals surface area contributed by atoms with E-state index in [0.717, 1.165) is 46.6 Å². The number of benzene rings is 2. The second-order valence-electron chi connectivity index (χ2n) is 11.4. The van der Waals surface area contributed by atoms with Gasteiger partial charge in [0, 0.05) is 47.3 Å². The van der Waals surface area contributed by atoms with E-state index in [-0.39, 0.29) is 30.0 Å². The maximum atomic E-state index is 14.7. The van der Waals surface area contributed by atoms with E-state index in [1.807, 2.05) is 40.3 Å². The normalized spacial score (nSPS) is 15.3. The number of amides is 1. The Hall–Kier alpha value is -3.30. The Morgan fingerprint density at radius 1 is 1.14 bits per heavy atom. The molecule has 1 amide bonds. The second-order valence-corrected chi connectivity index (χ2v) is 12.7. The van der Waals surface area contributed by atoms with Crippen molar-refractivity contribution < 1.29 is 9.90 Å². The standard InChI is InChI=1S/C34H39ClN4O3S/c1-5-22-8-7-9-23(6-2)31(22)39-30(16-21(3)4)27(33(41)38-15-14-36-26(18-38)19-40)17-28(34(39)42)32-37-29(20-43-32)24-10-12-25(35)13-11-24/h7-13,17,20-21,26,36,40H,5-6,14-16,18-19H2,1-4H3. The molecule has 0 aliphatic carbocycles. The Labute approximate surface area is 262 Å². The number of aliphatic hydroxyl groups excluding tert-OH is 1. The summed E-state index contributed by atoms with van der Waals surface area (Å²) in [5.74, 6) is 0.0682. The van der Waals surface area contributed by atoms with Crippen molar-refractivity contribution in [2.75, 3.05) is 26.2 Å². The van der Waals surface area contributed by atoms with Gasteiger partial charge in [-0.1, -0.05) is 69.6 Å². The number of aryl methyl sites for hydroxylation is 2. The summed E-state index contributed by atoms with van der Waals surface area (Å²) in [6.07, 6.45) is 2.05. The number of halogens is 1. The third-order valence-electron chi connectivity index (χ3n) is 7.96. The summed E-state index contributed by atoms with van der Waals surface area (Å²) in [6, 6.07) is 15.2. The highest BCUT2D eigenvalue weighted by molar-refractivity contribution is 7.13. The van der Waals surface area contributed by atoms with Gasteiger partial charge in [-0.2, -0.15) is 0 Å². The lowest BCUT2D eigenvalue weighted by Crippen LogP contribution is -2.54. The molecule has 0 bridgehead atoms. The van der Waals surface area contributed by atoms with Gasteiger partial charge < -0.3 is 15.3 Å².